The third-order valence-electron chi connectivity index (χ3n) is 3.25. The largest absolute Gasteiger partial charge is 0.465 e. The van der Waals surface area contributed by atoms with Crippen LogP contribution in [0.1, 0.15) is 41.0 Å². The van der Waals surface area contributed by atoms with Gasteiger partial charge in [-0.3, -0.25) is 9.69 Å². The minimum atomic E-state index is -0.237. The Morgan fingerprint density at radius 2 is 1.90 bits per heavy atom. The van der Waals surface area contributed by atoms with Crippen LogP contribution in [0, 0.1) is 0 Å². The Labute approximate surface area is 124 Å². The molecule has 0 radical (unpaired) electrons. The highest BCUT2D eigenvalue weighted by atomic mass is 16.5. The molecule has 0 saturated heterocycles. The number of nitrogens with one attached hydrogen (secondary N) is 1. The van der Waals surface area contributed by atoms with E-state index in [9.17, 15) is 4.79 Å². The van der Waals surface area contributed by atoms with Gasteiger partial charge in [-0.2, -0.15) is 0 Å². The average molecular weight is 288 g/mol. The maximum absolute atomic E-state index is 11.9. The van der Waals surface area contributed by atoms with Gasteiger partial charge < -0.3 is 14.8 Å². The molecule has 0 aromatic rings. The van der Waals surface area contributed by atoms with Crippen molar-refractivity contribution < 1.29 is 14.3 Å². The molecule has 120 valence electrons. The summed E-state index contributed by atoms with van der Waals surface area (Å²) in [5.74, 6) is -0.156. The fraction of sp³-hybridized carbons (Fsp3) is 0.933. The molecule has 0 aliphatic rings. The highest BCUT2D eigenvalue weighted by molar-refractivity contribution is 5.75. The molecule has 0 bridgehead atoms. The van der Waals surface area contributed by atoms with Crippen molar-refractivity contribution in [2.45, 2.75) is 59.2 Å². The Kier molecular flexibility index (Phi) is 10.7. The first-order valence-corrected chi connectivity index (χ1v) is 7.61. The lowest BCUT2D eigenvalue weighted by atomic mass is 10.1. The van der Waals surface area contributed by atoms with Crippen LogP contribution in [0.2, 0.25) is 0 Å². The molecule has 5 nitrogen and oxygen atoms in total. The number of methoxy groups -OCH3 is 1. The van der Waals surface area contributed by atoms with Crippen molar-refractivity contribution in [3.8, 4) is 0 Å². The molecule has 20 heavy (non-hydrogen) atoms. The second-order valence-corrected chi connectivity index (χ2v) is 5.35. The first-order chi connectivity index (χ1) is 9.46. The molecule has 2 unspecified atom stereocenters. The Morgan fingerprint density at radius 3 is 2.35 bits per heavy atom. The second kappa shape index (κ2) is 11.1. The molecule has 0 aliphatic heterocycles. The summed E-state index contributed by atoms with van der Waals surface area (Å²) < 4.78 is 10.3. The van der Waals surface area contributed by atoms with Crippen LogP contribution >= 0.6 is 0 Å². The molecule has 0 fully saturated rings. The molecule has 0 aromatic carbocycles. The van der Waals surface area contributed by atoms with Gasteiger partial charge in [-0.25, -0.2) is 0 Å². The van der Waals surface area contributed by atoms with Crippen LogP contribution in [0.4, 0.5) is 0 Å². The molecule has 0 aromatic heterocycles. The first kappa shape index (κ1) is 19.4. The third-order valence-corrected chi connectivity index (χ3v) is 3.25. The van der Waals surface area contributed by atoms with E-state index >= 15 is 0 Å². The fourth-order valence-electron chi connectivity index (χ4n) is 2.25. The smallest absolute Gasteiger partial charge is 0.323 e. The van der Waals surface area contributed by atoms with Gasteiger partial charge in [-0.1, -0.05) is 20.8 Å². The molecule has 0 spiro atoms. The summed E-state index contributed by atoms with van der Waals surface area (Å²) in [5, 5.41) is 3.28. The van der Waals surface area contributed by atoms with E-state index in [1.54, 1.807) is 7.11 Å². The zero-order valence-corrected chi connectivity index (χ0v) is 13.9. The normalized spacial score (nSPS) is 14.6. The highest BCUT2D eigenvalue weighted by Crippen LogP contribution is 2.05. The van der Waals surface area contributed by atoms with Gasteiger partial charge in [0.05, 0.1) is 13.2 Å². The van der Waals surface area contributed by atoms with Crippen LogP contribution in [-0.2, 0) is 14.3 Å². The number of ether oxygens (including phenoxy) is 2. The summed E-state index contributed by atoms with van der Waals surface area (Å²) in [6.07, 6.45) is 0.749. The summed E-state index contributed by atoms with van der Waals surface area (Å²) in [6.45, 7) is 13.1. The van der Waals surface area contributed by atoms with Crippen molar-refractivity contribution in [1.82, 2.24) is 10.2 Å². The van der Waals surface area contributed by atoms with Crippen LogP contribution in [0.3, 0.4) is 0 Å². The van der Waals surface area contributed by atoms with Crippen molar-refractivity contribution in [1.29, 1.82) is 0 Å². The lowest BCUT2D eigenvalue weighted by Gasteiger charge is -2.29. The zero-order valence-electron chi connectivity index (χ0n) is 13.9. The summed E-state index contributed by atoms with van der Waals surface area (Å²) in [4.78, 5) is 14.3. The van der Waals surface area contributed by atoms with E-state index < -0.39 is 0 Å². The highest BCUT2D eigenvalue weighted by Gasteiger charge is 2.22. The number of hydrogen-bond donors (Lipinski definition) is 1. The molecule has 0 saturated carbocycles. The SMILES string of the molecule is CCOC(=O)C(CCN(CC)C(C)COC)NC(C)C. The molecule has 1 N–H and O–H groups in total. The van der Waals surface area contributed by atoms with E-state index in [0.717, 1.165) is 19.5 Å². The van der Waals surface area contributed by atoms with Crippen molar-refractivity contribution in [2.75, 3.05) is 33.4 Å². The standard InChI is InChI=1S/C15H32N2O3/c1-7-17(13(5)11-19-6)10-9-14(16-12(3)4)15(18)20-8-2/h12-14,16H,7-11H2,1-6H3. The van der Waals surface area contributed by atoms with Crippen LogP contribution < -0.4 is 5.32 Å². The maximum Gasteiger partial charge on any atom is 0.323 e. The van der Waals surface area contributed by atoms with E-state index in [4.69, 9.17) is 9.47 Å². The lowest BCUT2D eigenvalue weighted by Crippen LogP contribution is -2.45. The van der Waals surface area contributed by atoms with Crippen LogP contribution in [0.25, 0.3) is 0 Å². The predicted molar refractivity (Wildman–Crippen MR) is 81.9 cm³/mol. The van der Waals surface area contributed by atoms with Crippen molar-refractivity contribution in [2.24, 2.45) is 0 Å². The zero-order chi connectivity index (χ0) is 15.5. The quantitative estimate of drug-likeness (QED) is 0.586. The van der Waals surface area contributed by atoms with Crippen LogP contribution in [0.5, 0.6) is 0 Å². The fourth-order valence-corrected chi connectivity index (χ4v) is 2.25. The van der Waals surface area contributed by atoms with Gasteiger partial charge in [0, 0.05) is 25.7 Å². The molecule has 0 aliphatic carbocycles. The molecule has 2 atom stereocenters. The molecule has 0 heterocycles. The van der Waals surface area contributed by atoms with Crippen molar-refractivity contribution in [3.63, 3.8) is 0 Å². The number of nitrogens with zero attached hydrogens (tertiary/aromatic N) is 1. The van der Waals surface area contributed by atoms with Gasteiger partial charge in [0.15, 0.2) is 0 Å². The molecular formula is C15H32N2O3. The number of hydrogen-bond acceptors (Lipinski definition) is 5. The number of carbonyl (C=O) groups excluding carboxylic acids is 1. The minimum absolute atomic E-state index is 0.156. The summed E-state index contributed by atoms with van der Waals surface area (Å²) in [7, 11) is 1.71. The van der Waals surface area contributed by atoms with E-state index in [2.05, 4.69) is 24.1 Å². The van der Waals surface area contributed by atoms with Gasteiger partial charge in [-0.15, -0.1) is 0 Å². The van der Waals surface area contributed by atoms with Crippen LogP contribution in [-0.4, -0.2) is 62.4 Å². The third kappa shape index (κ3) is 7.82. The lowest BCUT2D eigenvalue weighted by molar-refractivity contribution is -0.146. The minimum Gasteiger partial charge on any atom is -0.465 e. The molecule has 0 amide bonds. The average Bonchev–Trinajstić information content (AvgIpc) is 2.38. The summed E-state index contributed by atoms with van der Waals surface area (Å²) in [6, 6.07) is 0.376. The topological polar surface area (TPSA) is 50.8 Å². The number of rotatable bonds is 11. The van der Waals surface area contributed by atoms with Crippen molar-refractivity contribution >= 4 is 5.97 Å². The Bertz CT molecular complexity index is 260. The van der Waals surface area contributed by atoms with Gasteiger partial charge in [0.25, 0.3) is 0 Å². The summed E-state index contributed by atoms with van der Waals surface area (Å²) >= 11 is 0. The van der Waals surface area contributed by atoms with Gasteiger partial charge in [0.1, 0.15) is 6.04 Å². The van der Waals surface area contributed by atoms with Gasteiger partial charge in [0.2, 0.25) is 0 Å². The number of likely N-dealkylation sites (N-methyl/N-ethyl adjacent to an activating group) is 1. The first-order valence-electron chi connectivity index (χ1n) is 7.61. The monoisotopic (exact) mass is 288 g/mol. The van der Waals surface area contributed by atoms with E-state index in [1.807, 2.05) is 20.8 Å². The van der Waals surface area contributed by atoms with Gasteiger partial charge in [-0.05, 0) is 26.8 Å². The predicted octanol–water partition coefficient (Wildman–Crippen LogP) is 1.66. The summed E-state index contributed by atoms with van der Waals surface area (Å²) in [5.41, 5.74) is 0. The molecule has 5 heteroatoms. The maximum atomic E-state index is 11.9. The molecular weight excluding hydrogens is 256 g/mol. The second-order valence-electron chi connectivity index (χ2n) is 5.35. The van der Waals surface area contributed by atoms with E-state index in [-0.39, 0.29) is 18.1 Å². The molecule has 0 rings (SSSR count). The van der Waals surface area contributed by atoms with E-state index in [0.29, 0.717) is 19.3 Å². The van der Waals surface area contributed by atoms with Gasteiger partial charge >= 0.3 is 5.97 Å². The Balaban J connectivity index is 4.44. The Morgan fingerprint density at radius 1 is 1.25 bits per heavy atom. The Hall–Kier alpha value is -0.650. The number of carbonyl (C=O) groups is 1. The number of esters is 1. The van der Waals surface area contributed by atoms with Crippen molar-refractivity contribution in [3.05, 3.63) is 0 Å². The van der Waals surface area contributed by atoms with E-state index in [1.165, 1.54) is 0 Å². The van der Waals surface area contributed by atoms with Crippen LogP contribution in [0.15, 0.2) is 0 Å².